The van der Waals surface area contributed by atoms with Crippen molar-refractivity contribution in [2.24, 2.45) is 10.7 Å². The first kappa shape index (κ1) is 18.3. The minimum absolute atomic E-state index is 0.342. The minimum Gasteiger partial charge on any atom is -0.423 e. The third kappa shape index (κ3) is 4.17. The second kappa shape index (κ2) is 7.79. The highest BCUT2D eigenvalue weighted by Crippen LogP contribution is 2.24. The number of hydrogen-bond donors (Lipinski definition) is 1. The molecule has 1 heterocycles. The van der Waals surface area contributed by atoms with Gasteiger partial charge in [0.1, 0.15) is 5.58 Å². The van der Waals surface area contributed by atoms with Crippen molar-refractivity contribution in [1.29, 1.82) is 0 Å². The molecule has 2 aromatic carbocycles. The average molecular weight is 366 g/mol. The second-order valence-electron chi connectivity index (χ2n) is 6.28. The van der Waals surface area contributed by atoms with Gasteiger partial charge in [-0.3, -0.25) is 0 Å². The molecule has 0 atom stereocenters. The van der Waals surface area contributed by atoms with Crippen molar-refractivity contribution in [3.63, 3.8) is 0 Å². The van der Waals surface area contributed by atoms with Crippen LogP contribution in [0.15, 0.2) is 56.7 Å². The van der Waals surface area contributed by atoms with Crippen molar-refractivity contribution in [3.8, 4) is 0 Å². The minimum atomic E-state index is -0.342. The van der Waals surface area contributed by atoms with Crippen LogP contribution in [0.1, 0.15) is 29.2 Å². The van der Waals surface area contributed by atoms with E-state index in [1.165, 1.54) is 29.0 Å². The number of nitrogens with two attached hydrogens (primary N) is 1. The van der Waals surface area contributed by atoms with E-state index in [-0.39, 0.29) is 5.63 Å². The molecule has 0 aliphatic rings. The predicted octanol–water partition coefficient (Wildman–Crippen LogP) is 4.85. The Bertz CT molecular complexity index is 1040. The molecule has 0 bridgehead atoms. The molecule has 0 spiro atoms. The molecule has 26 heavy (non-hydrogen) atoms. The van der Waals surface area contributed by atoms with E-state index in [2.05, 4.69) is 31.8 Å². The Labute approximate surface area is 157 Å². The Morgan fingerprint density at radius 2 is 1.92 bits per heavy atom. The maximum Gasteiger partial charge on any atom is 0.336 e. The number of amidine groups is 1. The monoisotopic (exact) mass is 366 g/mol. The van der Waals surface area contributed by atoms with Crippen molar-refractivity contribution >= 4 is 33.6 Å². The van der Waals surface area contributed by atoms with E-state index in [4.69, 9.17) is 10.2 Å². The van der Waals surface area contributed by atoms with Gasteiger partial charge in [0.25, 0.3) is 0 Å². The fraction of sp³-hybridized carbons (Fsp3) is 0.238. The highest BCUT2D eigenvalue weighted by atomic mass is 32.2. The summed E-state index contributed by atoms with van der Waals surface area (Å²) in [6.07, 6.45) is 0.897. The number of aryl methyl sites for hydroxylation is 3. The van der Waals surface area contributed by atoms with Crippen LogP contribution in [0.4, 0.5) is 5.69 Å². The van der Waals surface area contributed by atoms with Gasteiger partial charge in [0.2, 0.25) is 0 Å². The van der Waals surface area contributed by atoms with Gasteiger partial charge in [0.05, 0.1) is 5.69 Å². The number of benzene rings is 2. The van der Waals surface area contributed by atoms with Gasteiger partial charge in [-0.25, -0.2) is 9.79 Å². The molecule has 0 radical (unpaired) electrons. The van der Waals surface area contributed by atoms with Crippen LogP contribution in [0.5, 0.6) is 0 Å². The predicted molar refractivity (Wildman–Crippen MR) is 110 cm³/mol. The van der Waals surface area contributed by atoms with Gasteiger partial charge < -0.3 is 10.2 Å². The lowest BCUT2D eigenvalue weighted by atomic mass is 10.1. The van der Waals surface area contributed by atoms with Gasteiger partial charge in [0.15, 0.2) is 5.17 Å². The summed E-state index contributed by atoms with van der Waals surface area (Å²) >= 11 is 1.42. The number of nitrogens with zero attached hydrogens (tertiary/aromatic N) is 1. The standard InChI is InChI=1S/C21H22N2O2S/c1-4-15-6-8-18-16(11-20(24)25-19(18)10-15)12-26-21(22)23-17-7-5-13(2)14(3)9-17/h5-11H,4,12H2,1-3H3,(H2,22,23). The second-order valence-corrected chi connectivity index (χ2v) is 7.28. The number of rotatable bonds is 4. The molecule has 0 fully saturated rings. The van der Waals surface area contributed by atoms with Gasteiger partial charge in [-0.05, 0) is 60.7 Å². The highest BCUT2D eigenvalue weighted by molar-refractivity contribution is 8.13. The molecule has 0 aliphatic heterocycles. The number of fused-ring (bicyclic) bond motifs is 1. The van der Waals surface area contributed by atoms with Gasteiger partial charge in [-0.2, -0.15) is 0 Å². The highest BCUT2D eigenvalue weighted by Gasteiger charge is 2.08. The number of thioether (sulfide) groups is 1. The molecule has 0 saturated heterocycles. The quantitative estimate of drug-likeness (QED) is 0.407. The third-order valence-corrected chi connectivity index (χ3v) is 5.25. The van der Waals surface area contributed by atoms with E-state index < -0.39 is 0 Å². The molecule has 3 rings (SSSR count). The Morgan fingerprint density at radius 3 is 2.65 bits per heavy atom. The maximum atomic E-state index is 11.9. The zero-order valence-corrected chi connectivity index (χ0v) is 16.0. The Kier molecular flexibility index (Phi) is 5.47. The van der Waals surface area contributed by atoms with Crippen LogP contribution >= 0.6 is 11.8 Å². The molecule has 0 aliphatic carbocycles. The number of hydrogen-bond acceptors (Lipinski definition) is 4. The van der Waals surface area contributed by atoms with E-state index in [9.17, 15) is 4.79 Å². The topological polar surface area (TPSA) is 68.6 Å². The van der Waals surface area contributed by atoms with Crippen LogP contribution in [0.2, 0.25) is 0 Å². The Hall–Kier alpha value is -2.53. The van der Waals surface area contributed by atoms with Crippen LogP contribution in [-0.4, -0.2) is 5.17 Å². The number of aliphatic imine (C=N–C) groups is 1. The van der Waals surface area contributed by atoms with Gasteiger partial charge in [0, 0.05) is 17.2 Å². The first-order valence-electron chi connectivity index (χ1n) is 8.56. The molecule has 2 N–H and O–H groups in total. The van der Waals surface area contributed by atoms with E-state index in [0.29, 0.717) is 16.5 Å². The molecule has 1 aromatic heterocycles. The largest absolute Gasteiger partial charge is 0.423 e. The van der Waals surface area contributed by atoms with Crippen LogP contribution in [-0.2, 0) is 12.2 Å². The van der Waals surface area contributed by atoms with E-state index in [1.54, 1.807) is 0 Å². The third-order valence-electron chi connectivity index (χ3n) is 4.41. The van der Waals surface area contributed by atoms with E-state index in [0.717, 1.165) is 28.6 Å². The summed E-state index contributed by atoms with van der Waals surface area (Å²) in [6, 6.07) is 13.5. The SMILES string of the molecule is CCc1ccc2c(CSC(N)=Nc3ccc(C)c(C)c3)cc(=O)oc2c1. The molecule has 3 aromatic rings. The maximum absolute atomic E-state index is 11.9. The molecule has 5 heteroatoms. The van der Waals surface area contributed by atoms with Gasteiger partial charge in [-0.1, -0.05) is 36.9 Å². The zero-order chi connectivity index (χ0) is 18.7. The lowest BCUT2D eigenvalue weighted by Crippen LogP contribution is -2.07. The average Bonchev–Trinajstić information content (AvgIpc) is 2.62. The van der Waals surface area contributed by atoms with E-state index >= 15 is 0 Å². The van der Waals surface area contributed by atoms with E-state index in [1.807, 2.05) is 30.3 Å². The first-order chi connectivity index (χ1) is 12.5. The van der Waals surface area contributed by atoms with Crippen LogP contribution in [0.3, 0.4) is 0 Å². The molecule has 0 saturated carbocycles. The Balaban J connectivity index is 1.83. The molecular weight excluding hydrogens is 344 g/mol. The van der Waals surface area contributed by atoms with Crippen molar-refractivity contribution in [2.75, 3.05) is 0 Å². The molecule has 134 valence electrons. The molecular formula is C21H22N2O2S. The normalized spacial score (nSPS) is 11.9. The summed E-state index contributed by atoms with van der Waals surface area (Å²) in [6.45, 7) is 6.19. The molecule has 4 nitrogen and oxygen atoms in total. The van der Waals surface area contributed by atoms with Gasteiger partial charge in [-0.15, -0.1) is 0 Å². The van der Waals surface area contributed by atoms with Crippen LogP contribution in [0, 0.1) is 13.8 Å². The lowest BCUT2D eigenvalue weighted by molar-refractivity contribution is 0.559. The lowest BCUT2D eigenvalue weighted by Gasteiger charge is -2.07. The summed E-state index contributed by atoms with van der Waals surface area (Å²) in [4.78, 5) is 16.3. The fourth-order valence-corrected chi connectivity index (χ4v) is 3.43. The van der Waals surface area contributed by atoms with Crippen molar-refractivity contribution in [2.45, 2.75) is 32.9 Å². The fourth-order valence-electron chi connectivity index (χ4n) is 2.72. The summed E-state index contributed by atoms with van der Waals surface area (Å²) in [5.74, 6) is 0.563. The smallest absolute Gasteiger partial charge is 0.336 e. The van der Waals surface area contributed by atoms with Crippen molar-refractivity contribution in [1.82, 2.24) is 0 Å². The zero-order valence-electron chi connectivity index (χ0n) is 15.2. The van der Waals surface area contributed by atoms with Gasteiger partial charge >= 0.3 is 5.63 Å². The van der Waals surface area contributed by atoms with Crippen molar-refractivity contribution in [3.05, 3.63) is 75.1 Å². The summed E-state index contributed by atoms with van der Waals surface area (Å²) in [7, 11) is 0. The van der Waals surface area contributed by atoms with Crippen molar-refractivity contribution < 1.29 is 4.42 Å². The Morgan fingerprint density at radius 1 is 1.12 bits per heavy atom. The summed E-state index contributed by atoms with van der Waals surface area (Å²) < 4.78 is 5.35. The molecule has 0 amide bonds. The first-order valence-corrected chi connectivity index (χ1v) is 9.54. The summed E-state index contributed by atoms with van der Waals surface area (Å²) in [5, 5.41) is 1.41. The summed E-state index contributed by atoms with van der Waals surface area (Å²) in [5.41, 5.74) is 11.7. The van der Waals surface area contributed by atoms with Crippen LogP contribution < -0.4 is 11.4 Å². The molecule has 0 unspecified atom stereocenters. The van der Waals surface area contributed by atoms with Crippen LogP contribution in [0.25, 0.3) is 11.0 Å².